The summed E-state index contributed by atoms with van der Waals surface area (Å²) in [5, 5.41) is 27.6. The first-order valence-electron chi connectivity index (χ1n) is 6.94. The molecular formula is C14H15N5O5. The Hall–Kier alpha value is -3.43. The summed E-state index contributed by atoms with van der Waals surface area (Å²) in [7, 11) is 0. The number of carbonyl (C=O) groups excluding carboxylic acids is 1. The van der Waals surface area contributed by atoms with Crippen LogP contribution in [0, 0.1) is 10.1 Å². The molecule has 0 aliphatic carbocycles. The number of benzene rings is 1. The van der Waals surface area contributed by atoms with E-state index >= 15 is 0 Å². The van der Waals surface area contributed by atoms with Crippen molar-refractivity contribution in [3.63, 3.8) is 0 Å². The number of phenols is 1. The minimum absolute atomic E-state index is 0.0123. The van der Waals surface area contributed by atoms with Gasteiger partial charge in [-0.05, 0) is 30.7 Å². The zero-order chi connectivity index (χ0) is 17.5. The number of ether oxygens (including phenoxy) is 1. The van der Waals surface area contributed by atoms with Crippen molar-refractivity contribution in [3.8, 4) is 11.5 Å². The van der Waals surface area contributed by atoms with Crippen LogP contribution in [0.2, 0.25) is 0 Å². The van der Waals surface area contributed by atoms with Crippen molar-refractivity contribution in [1.82, 2.24) is 15.2 Å². The minimum atomic E-state index is -0.597. The zero-order valence-electron chi connectivity index (χ0n) is 12.7. The first kappa shape index (κ1) is 16.9. The lowest BCUT2D eigenvalue weighted by Gasteiger charge is -2.06. The molecule has 0 radical (unpaired) electrons. The molecule has 0 bridgehead atoms. The van der Waals surface area contributed by atoms with Crippen molar-refractivity contribution in [2.45, 2.75) is 13.5 Å². The molecule has 2 N–H and O–H groups in total. The number of phenolic OH excluding ortho intramolecular Hbond substituents is 1. The molecule has 126 valence electrons. The van der Waals surface area contributed by atoms with Crippen molar-refractivity contribution in [1.29, 1.82) is 0 Å². The number of hydrogen-bond donors (Lipinski definition) is 2. The van der Waals surface area contributed by atoms with Gasteiger partial charge >= 0.3 is 5.69 Å². The number of hydrogen-bond acceptors (Lipinski definition) is 7. The molecule has 0 atom stereocenters. The summed E-state index contributed by atoms with van der Waals surface area (Å²) in [6.07, 6.45) is 3.59. The van der Waals surface area contributed by atoms with Gasteiger partial charge in [-0.1, -0.05) is 0 Å². The van der Waals surface area contributed by atoms with Gasteiger partial charge in [-0.15, -0.1) is 0 Å². The van der Waals surface area contributed by atoms with Gasteiger partial charge in [0.05, 0.1) is 17.7 Å². The number of nitrogens with zero attached hydrogens (tertiary/aromatic N) is 4. The lowest BCUT2D eigenvalue weighted by atomic mass is 10.2. The highest BCUT2D eigenvalue weighted by Crippen LogP contribution is 2.26. The second kappa shape index (κ2) is 7.72. The van der Waals surface area contributed by atoms with E-state index in [-0.39, 0.29) is 18.0 Å². The minimum Gasteiger partial charge on any atom is -0.504 e. The molecule has 0 fully saturated rings. The molecule has 1 heterocycles. The lowest BCUT2D eigenvalue weighted by Crippen LogP contribution is -2.23. The average molecular weight is 333 g/mol. The summed E-state index contributed by atoms with van der Waals surface area (Å²) in [5.41, 5.74) is 2.70. The fraction of sp³-hybridized carbons (Fsp3) is 0.214. The summed E-state index contributed by atoms with van der Waals surface area (Å²) in [5.74, 6) is -0.164. The normalized spacial score (nSPS) is 10.7. The van der Waals surface area contributed by atoms with E-state index in [1.54, 1.807) is 19.1 Å². The molecule has 2 aromatic rings. The van der Waals surface area contributed by atoms with Gasteiger partial charge in [0, 0.05) is 0 Å². The molecule has 1 amide bonds. The van der Waals surface area contributed by atoms with E-state index in [4.69, 9.17) is 4.74 Å². The Balaban J connectivity index is 1.92. The third kappa shape index (κ3) is 4.53. The Morgan fingerprint density at radius 3 is 3.04 bits per heavy atom. The third-order valence-corrected chi connectivity index (χ3v) is 2.82. The Bertz CT molecular complexity index is 771. The number of rotatable bonds is 7. The van der Waals surface area contributed by atoms with E-state index in [9.17, 15) is 20.0 Å². The van der Waals surface area contributed by atoms with E-state index in [1.165, 1.54) is 12.3 Å². The Morgan fingerprint density at radius 2 is 2.38 bits per heavy atom. The molecule has 0 spiro atoms. The monoisotopic (exact) mass is 333 g/mol. The van der Waals surface area contributed by atoms with E-state index in [1.807, 2.05) is 0 Å². The molecule has 0 unspecified atom stereocenters. The number of nitrogens with one attached hydrogen (secondary N) is 1. The van der Waals surface area contributed by atoms with E-state index in [2.05, 4.69) is 15.6 Å². The van der Waals surface area contributed by atoms with Gasteiger partial charge in [-0.25, -0.2) is 5.43 Å². The van der Waals surface area contributed by atoms with E-state index in [0.29, 0.717) is 17.9 Å². The van der Waals surface area contributed by atoms with Crippen LogP contribution >= 0.6 is 0 Å². The van der Waals surface area contributed by atoms with Gasteiger partial charge in [-0.2, -0.15) is 10.2 Å². The maximum absolute atomic E-state index is 11.7. The van der Waals surface area contributed by atoms with Crippen LogP contribution in [0.4, 0.5) is 5.69 Å². The third-order valence-electron chi connectivity index (χ3n) is 2.82. The maximum Gasteiger partial charge on any atom is 0.307 e. The van der Waals surface area contributed by atoms with Crippen LogP contribution in [0.15, 0.2) is 35.7 Å². The number of hydrazone groups is 1. The van der Waals surface area contributed by atoms with Gasteiger partial charge in [-0.3, -0.25) is 19.6 Å². The molecule has 0 aliphatic heterocycles. The smallest absolute Gasteiger partial charge is 0.307 e. The average Bonchev–Trinajstić information content (AvgIpc) is 2.99. The summed E-state index contributed by atoms with van der Waals surface area (Å²) >= 11 is 0. The van der Waals surface area contributed by atoms with E-state index < -0.39 is 10.8 Å². The van der Waals surface area contributed by atoms with Crippen LogP contribution in [-0.4, -0.2) is 38.5 Å². The van der Waals surface area contributed by atoms with Crippen molar-refractivity contribution >= 4 is 17.8 Å². The molecule has 10 heteroatoms. The van der Waals surface area contributed by atoms with Crippen LogP contribution in [-0.2, 0) is 11.3 Å². The Morgan fingerprint density at radius 1 is 1.58 bits per heavy atom. The molecule has 0 saturated heterocycles. The number of aromatic nitrogens is 2. The second-order valence-electron chi connectivity index (χ2n) is 4.61. The highest BCUT2D eigenvalue weighted by molar-refractivity contribution is 5.83. The second-order valence-corrected chi connectivity index (χ2v) is 4.61. The largest absolute Gasteiger partial charge is 0.504 e. The fourth-order valence-electron chi connectivity index (χ4n) is 1.78. The molecule has 2 rings (SSSR count). The predicted molar refractivity (Wildman–Crippen MR) is 83.9 cm³/mol. The highest BCUT2D eigenvalue weighted by atomic mass is 16.6. The van der Waals surface area contributed by atoms with Gasteiger partial charge in [0.15, 0.2) is 11.5 Å². The van der Waals surface area contributed by atoms with Gasteiger partial charge < -0.3 is 9.84 Å². The van der Waals surface area contributed by atoms with Crippen LogP contribution in [0.25, 0.3) is 0 Å². The summed E-state index contributed by atoms with van der Waals surface area (Å²) in [6, 6.07) is 4.63. The van der Waals surface area contributed by atoms with Crippen LogP contribution in [0.3, 0.4) is 0 Å². The molecule has 10 nitrogen and oxygen atoms in total. The Labute approximate surface area is 136 Å². The van der Waals surface area contributed by atoms with Crippen molar-refractivity contribution in [3.05, 3.63) is 46.3 Å². The van der Waals surface area contributed by atoms with Crippen LogP contribution < -0.4 is 10.2 Å². The zero-order valence-corrected chi connectivity index (χ0v) is 12.7. The van der Waals surface area contributed by atoms with Crippen LogP contribution in [0.1, 0.15) is 12.5 Å². The van der Waals surface area contributed by atoms with Crippen molar-refractivity contribution in [2.24, 2.45) is 5.10 Å². The standard InChI is InChI=1S/C14H15N5O5/c1-2-24-13-5-10(3-4-12(13)20)6-15-17-14(21)9-18-8-11(7-16-18)19(22)23/h3-8,20H,2,9H2,1H3,(H,17,21)/b15-6-. The topological polar surface area (TPSA) is 132 Å². The van der Waals surface area contributed by atoms with Crippen molar-refractivity contribution < 1.29 is 19.6 Å². The summed E-state index contributed by atoms with van der Waals surface area (Å²) < 4.78 is 6.38. The number of aromatic hydroxyl groups is 1. The molecule has 1 aromatic heterocycles. The predicted octanol–water partition coefficient (Wildman–Crippen LogP) is 1.05. The quantitative estimate of drug-likeness (QED) is 0.442. The molecule has 1 aromatic carbocycles. The van der Waals surface area contributed by atoms with Crippen LogP contribution in [0.5, 0.6) is 11.5 Å². The first-order chi connectivity index (χ1) is 11.5. The SMILES string of the molecule is CCOc1cc(/C=N\NC(=O)Cn2cc([N+](=O)[O-])cn2)ccc1O. The maximum atomic E-state index is 11.7. The summed E-state index contributed by atoms with van der Waals surface area (Å²) in [4.78, 5) is 21.6. The van der Waals surface area contributed by atoms with Crippen molar-refractivity contribution in [2.75, 3.05) is 6.61 Å². The van der Waals surface area contributed by atoms with Gasteiger partial charge in [0.1, 0.15) is 18.9 Å². The molecular weight excluding hydrogens is 318 g/mol. The van der Waals surface area contributed by atoms with Gasteiger partial charge in [0.2, 0.25) is 0 Å². The highest BCUT2D eigenvalue weighted by Gasteiger charge is 2.10. The fourth-order valence-corrected chi connectivity index (χ4v) is 1.78. The molecule has 24 heavy (non-hydrogen) atoms. The first-order valence-corrected chi connectivity index (χ1v) is 6.94. The molecule has 0 aliphatic rings. The molecule has 0 saturated carbocycles. The lowest BCUT2D eigenvalue weighted by molar-refractivity contribution is -0.385. The number of carbonyl (C=O) groups is 1. The van der Waals surface area contributed by atoms with E-state index in [0.717, 1.165) is 17.1 Å². The number of amides is 1. The Kier molecular flexibility index (Phi) is 5.45. The van der Waals surface area contributed by atoms with Gasteiger partial charge in [0.25, 0.3) is 5.91 Å². The summed E-state index contributed by atoms with van der Waals surface area (Å²) in [6.45, 7) is 1.99. The number of nitro groups is 1.